The molecule has 19 heavy (non-hydrogen) atoms. The smallest absolute Gasteiger partial charge is 0.309 e. The van der Waals surface area contributed by atoms with Gasteiger partial charge in [0.05, 0.1) is 19.2 Å². The van der Waals surface area contributed by atoms with Crippen LogP contribution >= 0.6 is 0 Å². The minimum atomic E-state index is -0.910. The summed E-state index contributed by atoms with van der Waals surface area (Å²) in [4.78, 5) is 14.9. The summed E-state index contributed by atoms with van der Waals surface area (Å²) in [5, 5.41) is 8.75. The Morgan fingerprint density at radius 3 is 2.63 bits per heavy atom. The maximum atomic E-state index is 10.7. The third-order valence-electron chi connectivity index (χ3n) is 2.77. The summed E-state index contributed by atoms with van der Waals surface area (Å²) in [6.07, 6.45) is 0.419. The Balaban J connectivity index is 2.12. The molecule has 2 aromatic rings. The summed E-state index contributed by atoms with van der Waals surface area (Å²) in [6, 6.07) is 7.58. The Morgan fingerprint density at radius 1 is 1.37 bits per heavy atom. The Morgan fingerprint density at radius 2 is 2.05 bits per heavy atom. The lowest BCUT2D eigenvalue weighted by molar-refractivity contribution is -0.136. The zero-order valence-electron chi connectivity index (χ0n) is 10.8. The molecule has 0 atom stereocenters. The largest absolute Gasteiger partial charge is 0.497 e. The van der Waals surface area contributed by atoms with Gasteiger partial charge in [0.2, 0.25) is 0 Å². The van der Waals surface area contributed by atoms with E-state index in [1.54, 1.807) is 14.0 Å². The lowest BCUT2D eigenvalue weighted by Crippen LogP contribution is -2.01. The molecule has 0 radical (unpaired) electrons. The van der Waals surface area contributed by atoms with Crippen LogP contribution in [0.3, 0.4) is 0 Å². The first-order valence-electron chi connectivity index (χ1n) is 5.88. The molecule has 0 fully saturated rings. The maximum absolute atomic E-state index is 10.7. The van der Waals surface area contributed by atoms with E-state index in [2.05, 4.69) is 4.98 Å². The zero-order valence-corrected chi connectivity index (χ0v) is 10.8. The highest BCUT2D eigenvalue weighted by atomic mass is 16.5. The number of carboxylic acid groups (broad SMARTS) is 1. The first kappa shape index (κ1) is 13.1. The highest BCUT2D eigenvalue weighted by Crippen LogP contribution is 2.17. The molecule has 1 aromatic heterocycles. The molecule has 1 heterocycles. The van der Waals surface area contributed by atoms with Gasteiger partial charge in [0, 0.05) is 6.42 Å². The number of oxazole rings is 1. The number of aromatic nitrogens is 1. The summed E-state index contributed by atoms with van der Waals surface area (Å²) < 4.78 is 10.6. The molecule has 0 aliphatic rings. The fraction of sp³-hybridized carbons (Fsp3) is 0.286. The van der Waals surface area contributed by atoms with E-state index in [0.717, 1.165) is 11.3 Å². The average Bonchev–Trinajstić information content (AvgIpc) is 2.70. The predicted octanol–water partition coefficient (Wildman–Crippen LogP) is 2.21. The van der Waals surface area contributed by atoms with Crippen LogP contribution in [0.2, 0.25) is 0 Å². The fourth-order valence-electron chi connectivity index (χ4n) is 1.79. The van der Waals surface area contributed by atoms with Crippen LogP contribution in [0, 0.1) is 6.92 Å². The highest BCUT2D eigenvalue weighted by molar-refractivity contribution is 5.69. The van der Waals surface area contributed by atoms with E-state index in [-0.39, 0.29) is 6.42 Å². The minimum absolute atomic E-state index is 0.113. The van der Waals surface area contributed by atoms with Crippen LogP contribution in [0.4, 0.5) is 0 Å². The normalized spacial score (nSPS) is 10.4. The number of nitrogens with zero attached hydrogens (tertiary/aromatic N) is 1. The van der Waals surface area contributed by atoms with Crippen molar-refractivity contribution in [1.29, 1.82) is 0 Å². The van der Waals surface area contributed by atoms with Gasteiger partial charge in [-0.2, -0.15) is 0 Å². The van der Waals surface area contributed by atoms with Crippen molar-refractivity contribution in [2.45, 2.75) is 19.8 Å². The molecule has 0 saturated heterocycles. The van der Waals surface area contributed by atoms with Crippen LogP contribution in [0.25, 0.3) is 0 Å². The van der Waals surface area contributed by atoms with E-state index in [4.69, 9.17) is 14.3 Å². The van der Waals surface area contributed by atoms with Gasteiger partial charge in [0.1, 0.15) is 11.5 Å². The summed E-state index contributed by atoms with van der Waals surface area (Å²) in [5.41, 5.74) is 1.51. The summed E-state index contributed by atoms with van der Waals surface area (Å²) in [7, 11) is 1.62. The zero-order chi connectivity index (χ0) is 13.8. The van der Waals surface area contributed by atoms with E-state index >= 15 is 0 Å². The topological polar surface area (TPSA) is 72.6 Å². The quantitative estimate of drug-likeness (QED) is 0.893. The van der Waals surface area contributed by atoms with Gasteiger partial charge < -0.3 is 14.3 Å². The number of rotatable bonds is 5. The van der Waals surface area contributed by atoms with E-state index in [9.17, 15) is 4.79 Å². The van der Waals surface area contributed by atoms with Crippen LogP contribution in [0.5, 0.6) is 5.75 Å². The SMILES string of the molecule is COc1ccc(Cc2nc(CC(=O)O)c(C)o2)cc1. The monoisotopic (exact) mass is 261 g/mol. The molecule has 0 aliphatic heterocycles. The molecular weight excluding hydrogens is 246 g/mol. The number of aryl methyl sites for hydroxylation is 1. The molecule has 0 amide bonds. The number of ether oxygens (including phenoxy) is 1. The van der Waals surface area contributed by atoms with Crippen LogP contribution < -0.4 is 4.74 Å². The Hall–Kier alpha value is -2.30. The lowest BCUT2D eigenvalue weighted by atomic mass is 10.1. The molecule has 0 aliphatic carbocycles. The van der Waals surface area contributed by atoms with E-state index in [1.165, 1.54) is 0 Å². The number of hydrogen-bond acceptors (Lipinski definition) is 4. The first-order chi connectivity index (χ1) is 9.08. The van der Waals surface area contributed by atoms with Crippen molar-refractivity contribution in [1.82, 2.24) is 4.98 Å². The molecule has 0 saturated carbocycles. The van der Waals surface area contributed by atoms with Gasteiger partial charge >= 0.3 is 5.97 Å². The number of aliphatic carboxylic acids is 1. The van der Waals surface area contributed by atoms with Crippen molar-refractivity contribution in [3.05, 3.63) is 47.2 Å². The first-order valence-corrected chi connectivity index (χ1v) is 5.88. The molecule has 0 unspecified atom stereocenters. The Bertz CT molecular complexity index is 572. The third kappa shape index (κ3) is 3.34. The van der Waals surface area contributed by atoms with Crippen molar-refractivity contribution in [2.75, 3.05) is 7.11 Å². The van der Waals surface area contributed by atoms with Crippen LogP contribution in [0.15, 0.2) is 28.7 Å². The van der Waals surface area contributed by atoms with Gasteiger partial charge in [-0.25, -0.2) is 4.98 Å². The van der Waals surface area contributed by atoms with Crippen molar-refractivity contribution >= 4 is 5.97 Å². The van der Waals surface area contributed by atoms with Gasteiger partial charge in [0.25, 0.3) is 0 Å². The summed E-state index contributed by atoms with van der Waals surface area (Å²) in [5.74, 6) is 0.969. The second kappa shape index (κ2) is 5.56. The molecule has 5 heteroatoms. The predicted molar refractivity (Wildman–Crippen MR) is 68.4 cm³/mol. The highest BCUT2D eigenvalue weighted by Gasteiger charge is 2.12. The molecule has 1 aromatic carbocycles. The minimum Gasteiger partial charge on any atom is -0.497 e. The van der Waals surface area contributed by atoms with Crippen molar-refractivity contribution in [3.63, 3.8) is 0 Å². The second-order valence-electron chi connectivity index (χ2n) is 4.21. The molecule has 100 valence electrons. The van der Waals surface area contributed by atoms with E-state index < -0.39 is 5.97 Å². The van der Waals surface area contributed by atoms with Crippen LogP contribution in [-0.2, 0) is 17.6 Å². The maximum Gasteiger partial charge on any atom is 0.309 e. The summed E-state index contributed by atoms with van der Waals surface area (Å²) >= 11 is 0. The Labute approximate surface area is 110 Å². The molecule has 0 bridgehead atoms. The molecule has 2 rings (SSSR count). The number of methoxy groups -OCH3 is 1. The number of carboxylic acids is 1. The van der Waals surface area contributed by atoms with E-state index in [0.29, 0.717) is 23.8 Å². The number of hydrogen-bond donors (Lipinski definition) is 1. The molecular formula is C14H15NO4. The standard InChI is InChI=1S/C14H15NO4/c1-9-12(8-14(16)17)15-13(19-9)7-10-3-5-11(18-2)6-4-10/h3-6H,7-8H2,1-2H3,(H,16,17). The lowest BCUT2D eigenvalue weighted by Gasteiger charge is -2.00. The number of carbonyl (C=O) groups is 1. The van der Waals surface area contributed by atoms with Gasteiger partial charge in [-0.3, -0.25) is 4.79 Å². The van der Waals surface area contributed by atoms with Gasteiger partial charge in [-0.1, -0.05) is 12.1 Å². The van der Waals surface area contributed by atoms with E-state index in [1.807, 2.05) is 24.3 Å². The Kier molecular flexibility index (Phi) is 3.85. The van der Waals surface area contributed by atoms with Gasteiger partial charge in [-0.15, -0.1) is 0 Å². The van der Waals surface area contributed by atoms with Crippen LogP contribution in [-0.4, -0.2) is 23.2 Å². The molecule has 5 nitrogen and oxygen atoms in total. The second-order valence-corrected chi connectivity index (χ2v) is 4.21. The molecule has 1 N–H and O–H groups in total. The molecule has 0 spiro atoms. The summed E-state index contributed by atoms with van der Waals surface area (Å²) in [6.45, 7) is 1.72. The third-order valence-corrected chi connectivity index (χ3v) is 2.77. The fourth-order valence-corrected chi connectivity index (χ4v) is 1.79. The number of benzene rings is 1. The van der Waals surface area contributed by atoms with Crippen molar-refractivity contribution in [3.8, 4) is 5.75 Å². The van der Waals surface area contributed by atoms with Gasteiger partial charge in [0.15, 0.2) is 5.89 Å². The van der Waals surface area contributed by atoms with Crippen molar-refractivity contribution in [2.24, 2.45) is 0 Å². The average molecular weight is 261 g/mol. The van der Waals surface area contributed by atoms with Crippen LogP contribution in [0.1, 0.15) is 22.9 Å². The van der Waals surface area contributed by atoms with Crippen molar-refractivity contribution < 1.29 is 19.1 Å². The van der Waals surface area contributed by atoms with Gasteiger partial charge in [-0.05, 0) is 24.6 Å².